The highest BCUT2D eigenvalue weighted by Crippen LogP contribution is 2.45. The number of fused-ring (bicyclic) bond motifs is 1. The van der Waals surface area contributed by atoms with Crippen LogP contribution in [0.1, 0.15) is 61.8 Å². The average molecular weight is 388 g/mol. The molecule has 1 aliphatic carbocycles. The highest BCUT2D eigenvalue weighted by molar-refractivity contribution is 5.91. The van der Waals surface area contributed by atoms with E-state index in [1.54, 1.807) is 0 Å². The topological polar surface area (TPSA) is 50.2 Å². The van der Waals surface area contributed by atoms with Crippen molar-refractivity contribution >= 4 is 16.7 Å². The van der Waals surface area contributed by atoms with E-state index in [1.807, 2.05) is 13.0 Å². The normalized spacial score (nSPS) is 14.9. The first-order chi connectivity index (χ1) is 14.1. The lowest BCUT2D eigenvalue weighted by atomic mass is 9.91. The van der Waals surface area contributed by atoms with Gasteiger partial charge in [-0.1, -0.05) is 43.3 Å². The Morgan fingerprint density at radius 1 is 1.17 bits per heavy atom. The smallest absolute Gasteiger partial charge is 0.137 e. The highest BCUT2D eigenvalue weighted by Gasteiger charge is 2.29. The Balaban J connectivity index is 1.72. The SMILES string of the molecule is CCC(O)CCC(=O)Cc1ccc2nc(C)c(-c3ccccc3)cc2c1C1CC1. The van der Waals surface area contributed by atoms with Crippen molar-refractivity contribution in [1.29, 1.82) is 0 Å². The van der Waals surface area contributed by atoms with Crippen LogP contribution in [-0.2, 0) is 11.2 Å². The number of aliphatic hydroxyl groups excluding tert-OH is 1. The van der Waals surface area contributed by atoms with Gasteiger partial charge in [0.2, 0.25) is 0 Å². The van der Waals surface area contributed by atoms with Crippen LogP contribution in [0.2, 0.25) is 0 Å². The van der Waals surface area contributed by atoms with Crippen LogP contribution < -0.4 is 0 Å². The van der Waals surface area contributed by atoms with Crippen molar-refractivity contribution in [1.82, 2.24) is 4.98 Å². The van der Waals surface area contributed by atoms with Gasteiger partial charge in [-0.25, -0.2) is 0 Å². The lowest BCUT2D eigenvalue weighted by Crippen LogP contribution is -2.11. The van der Waals surface area contributed by atoms with Crippen molar-refractivity contribution in [3.05, 3.63) is 65.4 Å². The van der Waals surface area contributed by atoms with Gasteiger partial charge in [0.25, 0.3) is 0 Å². The third-order valence-corrected chi connectivity index (χ3v) is 6.01. The largest absolute Gasteiger partial charge is 0.393 e. The van der Waals surface area contributed by atoms with Crippen LogP contribution >= 0.6 is 0 Å². The molecule has 0 saturated heterocycles. The number of Topliss-reactive ketones (excluding diaryl/α,β-unsaturated/α-hetero) is 1. The summed E-state index contributed by atoms with van der Waals surface area (Å²) in [5.41, 5.74) is 6.84. The zero-order valence-corrected chi connectivity index (χ0v) is 17.3. The van der Waals surface area contributed by atoms with Gasteiger partial charge in [-0.3, -0.25) is 9.78 Å². The van der Waals surface area contributed by atoms with Gasteiger partial charge in [0.1, 0.15) is 5.78 Å². The van der Waals surface area contributed by atoms with Crippen LogP contribution in [0.25, 0.3) is 22.0 Å². The summed E-state index contributed by atoms with van der Waals surface area (Å²) in [5, 5.41) is 11.0. The molecular weight excluding hydrogens is 358 g/mol. The van der Waals surface area contributed by atoms with Crippen LogP contribution in [-0.4, -0.2) is 22.0 Å². The summed E-state index contributed by atoms with van der Waals surface area (Å²) >= 11 is 0. The van der Waals surface area contributed by atoms with Crippen molar-refractivity contribution < 1.29 is 9.90 Å². The van der Waals surface area contributed by atoms with Crippen LogP contribution in [0.5, 0.6) is 0 Å². The summed E-state index contributed by atoms with van der Waals surface area (Å²) in [6.45, 7) is 4.01. The Bertz CT molecular complexity index is 1020. The van der Waals surface area contributed by atoms with E-state index in [1.165, 1.54) is 29.4 Å². The molecule has 3 heteroatoms. The number of carbonyl (C=O) groups excluding carboxylic acids is 1. The zero-order valence-electron chi connectivity index (χ0n) is 17.3. The van der Waals surface area contributed by atoms with Gasteiger partial charge in [-0.15, -0.1) is 0 Å². The number of pyridine rings is 1. The maximum absolute atomic E-state index is 12.6. The van der Waals surface area contributed by atoms with E-state index >= 15 is 0 Å². The van der Waals surface area contributed by atoms with Gasteiger partial charge in [0, 0.05) is 29.5 Å². The van der Waals surface area contributed by atoms with Gasteiger partial charge >= 0.3 is 0 Å². The molecular formula is C26H29NO2. The van der Waals surface area contributed by atoms with E-state index in [2.05, 4.69) is 49.4 Å². The molecule has 0 spiro atoms. The molecule has 1 atom stereocenters. The summed E-state index contributed by atoms with van der Waals surface area (Å²) in [4.78, 5) is 17.5. The maximum Gasteiger partial charge on any atom is 0.137 e. The Kier molecular flexibility index (Phi) is 5.77. The number of hydrogen-bond donors (Lipinski definition) is 1. The minimum Gasteiger partial charge on any atom is -0.393 e. The number of ketones is 1. The lowest BCUT2D eigenvalue weighted by Gasteiger charge is -2.15. The highest BCUT2D eigenvalue weighted by atomic mass is 16.3. The molecule has 1 saturated carbocycles. The van der Waals surface area contributed by atoms with Crippen molar-refractivity contribution in [3.8, 4) is 11.1 Å². The Morgan fingerprint density at radius 2 is 1.93 bits per heavy atom. The average Bonchev–Trinajstić information content (AvgIpc) is 3.57. The van der Waals surface area contributed by atoms with Crippen LogP contribution in [0, 0.1) is 6.92 Å². The predicted octanol–water partition coefficient (Wildman–Crippen LogP) is 5.75. The monoisotopic (exact) mass is 387 g/mol. The number of carbonyl (C=O) groups is 1. The fraction of sp³-hybridized carbons (Fsp3) is 0.385. The molecule has 1 fully saturated rings. The zero-order chi connectivity index (χ0) is 20.4. The van der Waals surface area contributed by atoms with Gasteiger partial charge in [-0.2, -0.15) is 0 Å². The van der Waals surface area contributed by atoms with Crippen LogP contribution in [0.15, 0.2) is 48.5 Å². The van der Waals surface area contributed by atoms with E-state index in [0.717, 1.165) is 22.3 Å². The van der Waals surface area contributed by atoms with Crippen LogP contribution in [0.3, 0.4) is 0 Å². The Labute approximate surface area is 172 Å². The molecule has 0 amide bonds. The first-order valence-electron chi connectivity index (χ1n) is 10.7. The quantitative estimate of drug-likeness (QED) is 0.535. The van der Waals surface area contributed by atoms with Crippen molar-refractivity contribution in [2.24, 2.45) is 0 Å². The summed E-state index contributed by atoms with van der Waals surface area (Å²) in [5.74, 6) is 0.748. The van der Waals surface area contributed by atoms with Crippen LogP contribution in [0.4, 0.5) is 0 Å². The van der Waals surface area contributed by atoms with Gasteiger partial charge < -0.3 is 5.11 Å². The van der Waals surface area contributed by atoms with E-state index in [4.69, 9.17) is 4.98 Å². The second kappa shape index (κ2) is 8.46. The molecule has 0 radical (unpaired) electrons. The van der Waals surface area contributed by atoms with E-state index in [9.17, 15) is 9.90 Å². The van der Waals surface area contributed by atoms with Crippen molar-refractivity contribution in [2.75, 3.05) is 0 Å². The number of aromatic nitrogens is 1. The first-order valence-corrected chi connectivity index (χ1v) is 10.7. The van der Waals surface area contributed by atoms with Gasteiger partial charge in [0.15, 0.2) is 0 Å². The number of nitrogens with zero attached hydrogens (tertiary/aromatic N) is 1. The maximum atomic E-state index is 12.6. The third-order valence-electron chi connectivity index (χ3n) is 6.01. The molecule has 2 aromatic carbocycles. The standard InChI is InChI=1S/C26H29NO2/c1-3-21(28)12-13-22(29)15-20-11-14-25-24(26(20)19-9-10-19)16-23(17(2)27-25)18-7-5-4-6-8-18/h4-8,11,14,16,19,21,28H,3,9-10,12-13,15H2,1-2H3. The number of aliphatic hydroxyl groups is 1. The van der Waals surface area contributed by atoms with Gasteiger partial charge in [0.05, 0.1) is 11.6 Å². The molecule has 4 rings (SSSR count). The number of benzene rings is 2. The van der Waals surface area contributed by atoms with Crippen molar-refractivity contribution in [3.63, 3.8) is 0 Å². The van der Waals surface area contributed by atoms with E-state index in [0.29, 0.717) is 31.6 Å². The molecule has 1 aromatic heterocycles. The predicted molar refractivity (Wildman–Crippen MR) is 118 cm³/mol. The first kappa shape index (κ1) is 19.8. The summed E-state index contributed by atoms with van der Waals surface area (Å²) < 4.78 is 0. The van der Waals surface area contributed by atoms with Crippen molar-refractivity contribution in [2.45, 2.75) is 64.4 Å². The Morgan fingerprint density at radius 3 is 2.62 bits per heavy atom. The number of aryl methyl sites for hydroxylation is 1. The molecule has 1 unspecified atom stereocenters. The molecule has 3 nitrogen and oxygen atoms in total. The second-order valence-corrected chi connectivity index (χ2v) is 8.28. The Hall–Kier alpha value is -2.52. The second-order valence-electron chi connectivity index (χ2n) is 8.28. The van der Waals surface area contributed by atoms with Gasteiger partial charge in [-0.05, 0) is 67.3 Å². The fourth-order valence-electron chi connectivity index (χ4n) is 4.16. The van der Waals surface area contributed by atoms with E-state index in [-0.39, 0.29) is 11.9 Å². The molecule has 3 aromatic rings. The lowest BCUT2D eigenvalue weighted by molar-refractivity contribution is -0.119. The molecule has 150 valence electrons. The molecule has 0 aliphatic heterocycles. The molecule has 1 N–H and O–H groups in total. The summed E-state index contributed by atoms with van der Waals surface area (Å²) in [6.07, 6.45) is 4.14. The molecule has 1 heterocycles. The molecule has 1 aliphatic rings. The third kappa shape index (κ3) is 4.40. The number of hydrogen-bond acceptors (Lipinski definition) is 3. The molecule has 0 bridgehead atoms. The van der Waals surface area contributed by atoms with E-state index < -0.39 is 0 Å². The summed E-state index contributed by atoms with van der Waals surface area (Å²) in [7, 11) is 0. The molecule has 29 heavy (non-hydrogen) atoms. The fourth-order valence-corrected chi connectivity index (χ4v) is 4.16. The summed E-state index contributed by atoms with van der Waals surface area (Å²) in [6, 6.07) is 16.8. The minimum atomic E-state index is -0.376. The number of rotatable bonds is 8. The minimum absolute atomic E-state index is 0.210.